The van der Waals surface area contributed by atoms with E-state index < -0.39 is 5.82 Å². The van der Waals surface area contributed by atoms with Crippen molar-refractivity contribution in [2.24, 2.45) is 5.92 Å². The summed E-state index contributed by atoms with van der Waals surface area (Å²) in [6, 6.07) is 6.61. The molecule has 1 fully saturated rings. The summed E-state index contributed by atoms with van der Waals surface area (Å²) in [4.78, 5) is 2.46. The smallest absolute Gasteiger partial charge is 0.143 e. The number of likely N-dealkylation sites (tertiary alicyclic amines) is 1. The molecule has 1 aromatic carbocycles. The third-order valence-corrected chi connectivity index (χ3v) is 3.53. The maximum Gasteiger partial charge on any atom is 0.143 e. The van der Waals surface area contributed by atoms with Crippen LogP contribution in [0.25, 0.3) is 0 Å². The molecule has 1 aliphatic heterocycles. The quantitative estimate of drug-likeness (QED) is 0.886. The fourth-order valence-corrected chi connectivity index (χ4v) is 2.54. The van der Waals surface area contributed by atoms with E-state index in [0.29, 0.717) is 11.6 Å². The normalized spacial score (nSPS) is 17.1. The van der Waals surface area contributed by atoms with E-state index in [4.69, 9.17) is 5.26 Å². The van der Waals surface area contributed by atoms with E-state index in [1.165, 1.54) is 32.0 Å². The van der Waals surface area contributed by atoms with Gasteiger partial charge in [0, 0.05) is 13.1 Å². The number of anilines is 1. The predicted octanol–water partition coefficient (Wildman–Crippen LogP) is 2.84. The van der Waals surface area contributed by atoms with E-state index in [1.807, 2.05) is 6.07 Å². The fraction of sp³-hybridized carbons (Fsp3) is 0.533. The minimum atomic E-state index is -0.459. The van der Waals surface area contributed by atoms with Crippen molar-refractivity contribution in [3.8, 4) is 6.07 Å². The summed E-state index contributed by atoms with van der Waals surface area (Å²) in [5.74, 6) is 0.0209. The minimum Gasteiger partial charge on any atom is -0.384 e. The molecule has 0 saturated carbocycles. The van der Waals surface area contributed by atoms with E-state index in [9.17, 15) is 4.39 Å². The van der Waals surface area contributed by atoms with Crippen LogP contribution in [0.2, 0.25) is 0 Å². The molecule has 2 rings (SSSR count). The van der Waals surface area contributed by atoms with Gasteiger partial charge in [0.15, 0.2) is 0 Å². The SMILES string of the molecule is CC(CNc1cccc(F)c1C#N)CN1CCCC1. The number of nitriles is 1. The first kappa shape index (κ1) is 13.8. The van der Waals surface area contributed by atoms with E-state index in [0.717, 1.165) is 13.1 Å². The first-order chi connectivity index (χ1) is 9.20. The van der Waals surface area contributed by atoms with Crippen LogP contribution in [-0.2, 0) is 0 Å². The van der Waals surface area contributed by atoms with Crippen molar-refractivity contribution < 1.29 is 4.39 Å². The van der Waals surface area contributed by atoms with Gasteiger partial charge in [-0.15, -0.1) is 0 Å². The van der Waals surface area contributed by atoms with Crippen LogP contribution in [0.3, 0.4) is 0 Å². The van der Waals surface area contributed by atoms with Gasteiger partial charge in [-0.05, 0) is 44.0 Å². The second kappa shape index (κ2) is 6.53. The van der Waals surface area contributed by atoms with Crippen LogP contribution in [0.15, 0.2) is 18.2 Å². The fourth-order valence-electron chi connectivity index (χ4n) is 2.54. The molecular formula is C15H20FN3. The van der Waals surface area contributed by atoms with Gasteiger partial charge < -0.3 is 10.2 Å². The molecule has 0 aliphatic carbocycles. The predicted molar refractivity (Wildman–Crippen MR) is 74.4 cm³/mol. The molecule has 1 unspecified atom stereocenters. The van der Waals surface area contributed by atoms with Gasteiger partial charge in [-0.3, -0.25) is 0 Å². The Morgan fingerprint density at radius 2 is 2.16 bits per heavy atom. The van der Waals surface area contributed by atoms with Crippen molar-refractivity contribution in [1.29, 1.82) is 5.26 Å². The summed E-state index contributed by atoms with van der Waals surface area (Å²) >= 11 is 0. The summed E-state index contributed by atoms with van der Waals surface area (Å²) in [5, 5.41) is 12.1. The number of benzene rings is 1. The maximum absolute atomic E-state index is 13.4. The first-order valence-corrected chi connectivity index (χ1v) is 6.85. The molecule has 3 nitrogen and oxygen atoms in total. The molecule has 1 heterocycles. The zero-order chi connectivity index (χ0) is 13.7. The lowest BCUT2D eigenvalue weighted by molar-refractivity contribution is 0.294. The molecule has 0 aromatic heterocycles. The van der Waals surface area contributed by atoms with Crippen LogP contribution in [0, 0.1) is 23.1 Å². The van der Waals surface area contributed by atoms with Gasteiger partial charge in [0.2, 0.25) is 0 Å². The largest absolute Gasteiger partial charge is 0.384 e. The number of hydrogen-bond donors (Lipinski definition) is 1. The Labute approximate surface area is 114 Å². The molecule has 4 heteroatoms. The van der Waals surface area contributed by atoms with Crippen LogP contribution in [0.5, 0.6) is 0 Å². The third kappa shape index (κ3) is 3.68. The highest BCUT2D eigenvalue weighted by molar-refractivity contribution is 5.57. The third-order valence-electron chi connectivity index (χ3n) is 3.53. The number of nitrogens with one attached hydrogen (secondary N) is 1. The Hall–Kier alpha value is -1.60. The summed E-state index contributed by atoms with van der Waals surface area (Å²) < 4.78 is 13.4. The Bertz CT molecular complexity index is 461. The Morgan fingerprint density at radius 3 is 2.84 bits per heavy atom. The van der Waals surface area contributed by atoms with E-state index in [1.54, 1.807) is 12.1 Å². The Balaban J connectivity index is 1.88. The van der Waals surface area contributed by atoms with Gasteiger partial charge in [-0.2, -0.15) is 5.26 Å². The lowest BCUT2D eigenvalue weighted by atomic mass is 10.1. The summed E-state index contributed by atoms with van der Waals surface area (Å²) in [7, 11) is 0. The van der Waals surface area contributed by atoms with Gasteiger partial charge in [0.25, 0.3) is 0 Å². The second-order valence-corrected chi connectivity index (χ2v) is 5.27. The van der Waals surface area contributed by atoms with E-state index in [2.05, 4.69) is 17.1 Å². The highest BCUT2D eigenvalue weighted by Crippen LogP contribution is 2.18. The monoisotopic (exact) mass is 261 g/mol. The van der Waals surface area contributed by atoms with Crippen molar-refractivity contribution in [2.75, 3.05) is 31.5 Å². The van der Waals surface area contributed by atoms with Crippen molar-refractivity contribution >= 4 is 5.69 Å². The molecule has 102 valence electrons. The highest BCUT2D eigenvalue weighted by atomic mass is 19.1. The number of rotatable bonds is 5. The number of hydrogen-bond acceptors (Lipinski definition) is 3. The van der Waals surface area contributed by atoms with Crippen molar-refractivity contribution in [3.05, 3.63) is 29.6 Å². The topological polar surface area (TPSA) is 39.1 Å². The van der Waals surface area contributed by atoms with Crippen LogP contribution in [0.4, 0.5) is 10.1 Å². The van der Waals surface area contributed by atoms with Gasteiger partial charge in [-0.25, -0.2) is 4.39 Å². The summed E-state index contributed by atoms with van der Waals surface area (Å²) in [6.45, 7) is 6.37. The molecule has 19 heavy (non-hydrogen) atoms. The maximum atomic E-state index is 13.4. The summed E-state index contributed by atoms with van der Waals surface area (Å²) in [6.07, 6.45) is 2.59. The molecule has 0 radical (unpaired) electrons. The zero-order valence-corrected chi connectivity index (χ0v) is 11.3. The van der Waals surface area contributed by atoms with Gasteiger partial charge >= 0.3 is 0 Å². The van der Waals surface area contributed by atoms with Crippen molar-refractivity contribution in [3.63, 3.8) is 0 Å². The molecule has 1 atom stereocenters. The molecule has 0 bridgehead atoms. The van der Waals surface area contributed by atoms with Gasteiger partial charge in [-0.1, -0.05) is 13.0 Å². The average Bonchev–Trinajstić information content (AvgIpc) is 2.89. The molecule has 0 spiro atoms. The Kier molecular flexibility index (Phi) is 4.75. The molecule has 1 aliphatic rings. The standard InChI is InChI=1S/C15H20FN3/c1-12(11-19-7-2-3-8-19)10-18-15-6-4-5-14(16)13(15)9-17/h4-6,12,18H,2-3,7-8,10-11H2,1H3. The summed E-state index contributed by atoms with van der Waals surface area (Å²) in [5.41, 5.74) is 0.701. The zero-order valence-electron chi connectivity index (χ0n) is 11.3. The number of nitrogens with zero attached hydrogens (tertiary/aromatic N) is 2. The van der Waals surface area contributed by atoms with Gasteiger partial charge in [0.1, 0.15) is 17.4 Å². The lowest BCUT2D eigenvalue weighted by Crippen LogP contribution is -2.29. The van der Waals surface area contributed by atoms with Crippen LogP contribution in [0.1, 0.15) is 25.3 Å². The van der Waals surface area contributed by atoms with Crippen LogP contribution >= 0.6 is 0 Å². The molecule has 1 saturated heterocycles. The molecule has 1 N–H and O–H groups in total. The molecule has 0 amide bonds. The minimum absolute atomic E-state index is 0.107. The highest BCUT2D eigenvalue weighted by Gasteiger charge is 2.15. The van der Waals surface area contributed by atoms with E-state index in [-0.39, 0.29) is 5.56 Å². The Morgan fingerprint density at radius 1 is 1.42 bits per heavy atom. The molecular weight excluding hydrogens is 241 g/mol. The van der Waals surface area contributed by atoms with Crippen molar-refractivity contribution in [1.82, 2.24) is 4.90 Å². The number of halogens is 1. The van der Waals surface area contributed by atoms with Crippen molar-refractivity contribution in [2.45, 2.75) is 19.8 Å². The lowest BCUT2D eigenvalue weighted by Gasteiger charge is -2.21. The van der Waals surface area contributed by atoms with Crippen LogP contribution in [-0.4, -0.2) is 31.1 Å². The first-order valence-electron chi connectivity index (χ1n) is 6.85. The van der Waals surface area contributed by atoms with E-state index >= 15 is 0 Å². The van der Waals surface area contributed by atoms with Gasteiger partial charge in [0.05, 0.1) is 5.69 Å². The molecule has 1 aromatic rings. The second-order valence-electron chi connectivity index (χ2n) is 5.27. The average molecular weight is 261 g/mol. The van der Waals surface area contributed by atoms with Crippen LogP contribution < -0.4 is 5.32 Å².